The summed E-state index contributed by atoms with van der Waals surface area (Å²) in [4.78, 5) is 40.0. The van der Waals surface area contributed by atoms with E-state index in [1.54, 1.807) is 6.92 Å². The maximum absolute atomic E-state index is 13.0. The number of nitrogens with zero attached hydrogens (tertiary/aromatic N) is 1. The molecule has 0 saturated carbocycles. The number of benzene rings is 2. The van der Waals surface area contributed by atoms with Gasteiger partial charge in [-0.1, -0.05) is 24.3 Å². The van der Waals surface area contributed by atoms with Crippen molar-refractivity contribution < 1.29 is 23.9 Å². The predicted molar refractivity (Wildman–Crippen MR) is 97.9 cm³/mol. The minimum absolute atomic E-state index is 0.145. The lowest BCUT2D eigenvalue weighted by Crippen LogP contribution is -2.60. The highest BCUT2D eigenvalue weighted by molar-refractivity contribution is 6.00. The van der Waals surface area contributed by atoms with Crippen LogP contribution < -0.4 is 0 Å². The summed E-state index contributed by atoms with van der Waals surface area (Å²) in [6.45, 7) is 2.21. The average Bonchev–Trinajstić information content (AvgIpc) is 3.01. The van der Waals surface area contributed by atoms with E-state index in [1.807, 2.05) is 36.4 Å². The fraction of sp³-hybridized carbons (Fsp3) is 0.381. The minimum Gasteiger partial charge on any atom is -0.467 e. The van der Waals surface area contributed by atoms with Crippen LogP contribution in [0.25, 0.3) is 10.8 Å². The first-order chi connectivity index (χ1) is 13.0. The molecule has 2 aliphatic heterocycles. The van der Waals surface area contributed by atoms with Crippen LogP contribution in [0.15, 0.2) is 36.4 Å². The Kier molecular flexibility index (Phi) is 4.13. The molecule has 6 nitrogen and oxygen atoms in total. The zero-order chi connectivity index (χ0) is 19.2. The van der Waals surface area contributed by atoms with Crippen LogP contribution in [0.4, 0.5) is 0 Å². The number of methoxy groups -OCH3 is 1. The molecule has 6 heteroatoms. The van der Waals surface area contributed by atoms with Crippen LogP contribution in [0, 0.1) is 0 Å². The number of ether oxygens (including phenoxy) is 2. The van der Waals surface area contributed by atoms with Gasteiger partial charge in [-0.05, 0) is 47.4 Å². The summed E-state index contributed by atoms with van der Waals surface area (Å²) in [7, 11) is 1.29. The van der Waals surface area contributed by atoms with Gasteiger partial charge in [0.25, 0.3) is 0 Å². The van der Waals surface area contributed by atoms with Gasteiger partial charge in [0.15, 0.2) is 5.54 Å². The van der Waals surface area contributed by atoms with Crippen LogP contribution in [0.1, 0.15) is 36.8 Å². The summed E-state index contributed by atoms with van der Waals surface area (Å²) in [6.07, 6.45) is 0.451. The van der Waals surface area contributed by atoms with E-state index in [9.17, 15) is 14.4 Å². The number of carbonyl (C=O) groups excluding carboxylic acids is 3. The van der Waals surface area contributed by atoms with Crippen molar-refractivity contribution in [1.82, 2.24) is 4.90 Å². The standard InChI is InChI=1S/C21H21NO5/c1-3-27-19(24)18-16-11-14-7-5-4-6-13(14)10-15(16)12-22-17(23)8-9-21(18,22)20(25)26-2/h4-7,10-11,18H,3,8-9,12H2,1-2H3/t18?,21-/m1/s1. The van der Waals surface area contributed by atoms with E-state index < -0.39 is 23.4 Å². The Morgan fingerprint density at radius 1 is 1.22 bits per heavy atom. The van der Waals surface area contributed by atoms with Crippen molar-refractivity contribution in [2.45, 2.75) is 37.8 Å². The molecule has 0 N–H and O–H groups in total. The summed E-state index contributed by atoms with van der Waals surface area (Å²) in [6, 6.07) is 11.8. The number of amides is 1. The Labute approximate surface area is 157 Å². The lowest BCUT2D eigenvalue weighted by Gasteiger charge is -2.45. The summed E-state index contributed by atoms with van der Waals surface area (Å²) in [5.74, 6) is -2.11. The number of hydrogen-bond donors (Lipinski definition) is 0. The monoisotopic (exact) mass is 367 g/mol. The molecule has 0 aliphatic carbocycles. The van der Waals surface area contributed by atoms with Crippen molar-refractivity contribution in [2.24, 2.45) is 0 Å². The molecule has 2 heterocycles. The Balaban J connectivity index is 1.99. The number of rotatable bonds is 3. The summed E-state index contributed by atoms with van der Waals surface area (Å²) in [5, 5.41) is 2.00. The Hall–Kier alpha value is -2.89. The maximum Gasteiger partial charge on any atom is 0.333 e. The van der Waals surface area contributed by atoms with Gasteiger partial charge in [0, 0.05) is 13.0 Å². The van der Waals surface area contributed by atoms with Gasteiger partial charge in [-0.25, -0.2) is 4.79 Å². The second-order valence-electron chi connectivity index (χ2n) is 6.98. The van der Waals surface area contributed by atoms with Crippen molar-refractivity contribution in [1.29, 1.82) is 0 Å². The van der Waals surface area contributed by atoms with E-state index in [4.69, 9.17) is 9.47 Å². The molecule has 0 aromatic heterocycles. The van der Waals surface area contributed by atoms with Gasteiger partial charge >= 0.3 is 11.9 Å². The lowest BCUT2D eigenvalue weighted by molar-refractivity contribution is -0.168. The molecule has 2 atom stereocenters. The fourth-order valence-electron chi connectivity index (χ4n) is 4.51. The first kappa shape index (κ1) is 17.5. The smallest absolute Gasteiger partial charge is 0.333 e. The molecule has 1 fully saturated rings. The van der Waals surface area contributed by atoms with Crippen molar-refractivity contribution in [3.8, 4) is 0 Å². The summed E-state index contributed by atoms with van der Waals surface area (Å²) in [5.41, 5.74) is 0.262. The van der Waals surface area contributed by atoms with E-state index in [-0.39, 0.29) is 31.9 Å². The molecule has 0 bridgehead atoms. The van der Waals surface area contributed by atoms with E-state index in [2.05, 4.69) is 0 Å². The molecular formula is C21H21NO5. The molecule has 1 saturated heterocycles. The van der Waals surface area contributed by atoms with Crippen LogP contribution in [0.2, 0.25) is 0 Å². The van der Waals surface area contributed by atoms with Gasteiger partial charge < -0.3 is 14.4 Å². The van der Waals surface area contributed by atoms with Gasteiger partial charge in [-0.15, -0.1) is 0 Å². The number of hydrogen-bond acceptors (Lipinski definition) is 5. The van der Waals surface area contributed by atoms with Gasteiger partial charge in [-0.3, -0.25) is 9.59 Å². The average molecular weight is 367 g/mol. The van der Waals surface area contributed by atoms with E-state index in [1.165, 1.54) is 12.0 Å². The molecule has 1 amide bonds. The van der Waals surface area contributed by atoms with Crippen molar-refractivity contribution >= 4 is 28.6 Å². The minimum atomic E-state index is -1.34. The molecule has 0 spiro atoms. The van der Waals surface area contributed by atoms with Crippen molar-refractivity contribution in [3.63, 3.8) is 0 Å². The third kappa shape index (κ3) is 2.43. The normalized spacial score (nSPS) is 23.7. The second-order valence-corrected chi connectivity index (χ2v) is 6.98. The van der Waals surface area contributed by atoms with E-state index >= 15 is 0 Å². The van der Waals surface area contributed by atoms with Gasteiger partial charge in [0.1, 0.15) is 5.92 Å². The predicted octanol–water partition coefficient (Wildman–Crippen LogP) is 2.53. The highest BCUT2D eigenvalue weighted by Crippen LogP contribution is 2.49. The van der Waals surface area contributed by atoms with Crippen molar-refractivity contribution in [3.05, 3.63) is 47.5 Å². The Morgan fingerprint density at radius 2 is 1.93 bits per heavy atom. The number of fused-ring (bicyclic) bond motifs is 3. The van der Waals surface area contributed by atoms with Crippen molar-refractivity contribution in [2.75, 3.05) is 13.7 Å². The molecule has 2 aromatic rings. The molecule has 0 radical (unpaired) electrons. The zero-order valence-corrected chi connectivity index (χ0v) is 15.4. The van der Waals surface area contributed by atoms with Crippen LogP contribution in [-0.2, 0) is 30.4 Å². The lowest BCUT2D eigenvalue weighted by atomic mass is 9.72. The van der Waals surface area contributed by atoms with Crippen LogP contribution >= 0.6 is 0 Å². The fourth-order valence-corrected chi connectivity index (χ4v) is 4.51. The zero-order valence-electron chi connectivity index (χ0n) is 15.4. The molecule has 1 unspecified atom stereocenters. The third-order valence-corrected chi connectivity index (χ3v) is 5.69. The maximum atomic E-state index is 13.0. The molecule has 2 aliphatic rings. The third-order valence-electron chi connectivity index (χ3n) is 5.69. The highest BCUT2D eigenvalue weighted by atomic mass is 16.5. The molecule has 2 aromatic carbocycles. The first-order valence-electron chi connectivity index (χ1n) is 9.10. The molecular weight excluding hydrogens is 346 g/mol. The van der Waals surface area contributed by atoms with E-state index in [0.29, 0.717) is 0 Å². The van der Waals surface area contributed by atoms with Crippen LogP contribution in [0.5, 0.6) is 0 Å². The quantitative estimate of drug-likeness (QED) is 0.780. The van der Waals surface area contributed by atoms with E-state index in [0.717, 1.165) is 21.9 Å². The second kappa shape index (κ2) is 6.37. The van der Waals surface area contributed by atoms with Crippen LogP contribution in [0.3, 0.4) is 0 Å². The number of esters is 2. The van der Waals surface area contributed by atoms with Gasteiger partial charge in [0.2, 0.25) is 5.91 Å². The topological polar surface area (TPSA) is 72.9 Å². The molecule has 140 valence electrons. The van der Waals surface area contributed by atoms with Gasteiger partial charge in [-0.2, -0.15) is 0 Å². The highest BCUT2D eigenvalue weighted by Gasteiger charge is 2.62. The number of carbonyl (C=O) groups is 3. The largest absolute Gasteiger partial charge is 0.467 e. The molecule has 4 rings (SSSR count). The SMILES string of the molecule is CCOC(=O)C1c2cc3ccccc3cc2CN2C(=O)CC[C@]12C(=O)OC. The Bertz CT molecular complexity index is 953. The molecule has 27 heavy (non-hydrogen) atoms. The summed E-state index contributed by atoms with van der Waals surface area (Å²) < 4.78 is 10.4. The Morgan fingerprint density at radius 3 is 2.59 bits per heavy atom. The van der Waals surface area contributed by atoms with Crippen LogP contribution in [-0.4, -0.2) is 42.0 Å². The summed E-state index contributed by atoms with van der Waals surface area (Å²) >= 11 is 0. The first-order valence-corrected chi connectivity index (χ1v) is 9.10. The van der Waals surface area contributed by atoms with Gasteiger partial charge in [0.05, 0.1) is 13.7 Å².